The van der Waals surface area contributed by atoms with Gasteiger partial charge in [0.2, 0.25) is 0 Å². The van der Waals surface area contributed by atoms with Crippen molar-refractivity contribution in [3.8, 4) is 0 Å². The van der Waals surface area contributed by atoms with E-state index in [1.54, 1.807) is 6.07 Å². The van der Waals surface area contributed by atoms with Crippen LogP contribution in [0.4, 0.5) is 11.4 Å². The zero-order valence-electron chi connectivity index (χ0n) is 12.5. The third kappa shape index (κ3) is 3.76. The van der Waals surface area contributed by atoms with E-state index in [0.29, 0.717) is 24.2 Å². The number of nitrogen functional groups attached to an aromatic ring is 1. The molecule has 7 nitrogen and oxygen atoms in total. The smallest absolute Gasteiger partial charge is 0.264 e. The number of rotatable bonds is 7. The molecule has 0 amide bonds. The lowest BCUT2D eigenvalue weighted by Gasteiger charge is -2.24. The average molecular weight is 327 g/mol. The van der Waals surface area contributed by atoms with E-state index in [1.165, 1.54) is 5.01 Å². The molecule has 0 radical (unpaired) electrons. The van der Waals surface area contributed by atoms with Crippen molar-refractivity contribution in [2.24, 2.45) is 5.84 Å². The van der Waals surface area contributed by atoms with Gasteiger partial charge in [-0.2, -0.15) is 8.42 Å². The monoisotopic (exact) mass is 327 g/mol. The Balaban J connectivity index is 2.12. The minimum atomic E-state index is -3.44. The molecule has 0 bridgehead atoms. The largest absolute Gasteiger partial charge is 0.397 e. The molecule has 1 aromatic carbocycles. The van der Waals surface area contributed by atoms with Gasteiger partial charge in [0, 0.05) is 12.1 Å². The van der Waals surface area contributed by atoms with Crippen molar-refractivity contribution in [2.45, 2.75) is 25.7 Å². The third-order valence-corrected chi connectivity index (χ3v) is 4.29. The van der Waals surface area contributed by atoms with Crippen molar-refractivity contribution in [1.82, 2.24) is 0 Å². The Hall–Kier alpha value is -1.64. The maximum Gasteiger partial charge on any atom is 0.264 e. The van der Waals surface area contributed by atoms with Gasteiger partial charge in [-0.25, -0.2) is 5.84 Å². The molecule has 0 aliphatic heterocycles. The number of anilines is 2. The van der Waals surface area contributed by atoms with Crippen molar-refractivity contribution in [3.05, 3.63) is 22.8 Å². The summed E-state index contributed by atoms with van der Waals surface area (Å²) in [7, 11) is -3.44. The molecule has 0 heterocycles. The van der Waals surface area contributed by atoms with E-state index in [9.17, 15) is 13.2 Å². The number of nitrogens with two attached hydrogens (primary N) is 2. The molecule has 1 aliphatic carbocycles. The Morgan fingerprint density at radius 2 is 2.05 bits per heavy atom. The van der Waals surface area contributed by atoms with Crippen LogP contribution in [-0.4, -0.2) is 34.1 Å². The molecule has 4 N–H and O–H groups in total. The van der Waals surface area contributed by atoms with Gasteiger partial charge in [-0.05, 0) is 42.9 Å². The first-order chi connectivity index (χ1) is 10.3. The Bertz CT molecular complexity index is 673. The second-order valence-corrected chi connectivity index (χ2v) is 7.05. The quantitative estimate of drug-likeness (QED) is 0.188. The molecule has 0 saturated heterocycles. The second-order valence-electron chi connectivity index (χ2n) is 5.41. The summed E-state index contributed by atoms with van der Waals surface area (Å²) in [6, 6.07) is 1.65. The van der Waals surface area contributed by atoms with Gasteiger partial charge in [-0.3, -0.25) is 8.98 Å². The van der Waals surface area contributed by atoms with Crippen LogP contribution in [0.15, 0.2) is 6.07 Å². The Morgan fingerprint density at radius 1 is 1.36 bits per heavy atom. The summed E-state index contributed by atoms with van der Waals surface area (Å²) in [5, 5.41) is 1.51. The molecule has 2 rings (SSSR count). The first-order valence-corrected chi connectivity index (χ1v) is 8.91. The summed E-state index contributed by atoms with van der Waals surface area (Å²) < 4.78 is 26.5. The number of fused-ring (bicyclic) bond motifs is 1. The molecule has 0 saturated carbocycles. The van der Waals surface area contributed by atoms with E-state index in [1.807, 2.05) is 0 Å². The molecule has 1 aliphatic rings. The SMILES string of the molecule is CS(=O)(=O)OCCCN(N)c1c(N)cc(C=O)c2c1CCC2. The molecule has 0 unspecified atom stereocenters. The van der Waals surface area contributed by atoms with Crippen LogP contribution < -0.4 is 16.6 Å². The van der Waals surface area contributed by atoms with Crippen molar-refractivity contribution in [1.29, 1.82) is 0 Å². The summed E-state index contributed by atoms with van der Waals surface area (Å²) in [4.78, 5) is 11.1. The lowest BCUT2D eigenvalue weighted by atomic mass is 10.0. The molecule has 122 valence electrons. The molecule has 0 spiro atoms. The summed E-state index contributed by atoms with van der Waals surface area (Å²) >= 11 is 0. The molecule has 8 heteroatoms. The zero-order chi connectivity index (χ0) is 16.3. The van der Waals surface area contributed by atoms with Crippen molar-refractivity contribution in [3.63, 3.8) is 0 Å². The highest BCUT2D eigenvalue weighted by molar-refractivity contribution is 7.85. The zero-order valence-corrected chi connectivity index (χ0v) is 13.4. The molecule has 0 fully saturated rings. The summed E-state index contributed by atoms with van der Waals surface area (Å²) in [5.41, 5.74) is 9.90. The van der Waals surface area contributed by atoms with Crippen LogP contribution in [0.3, 0.4) is 0 Å². The van der Waals surface area contributed by atoms with Crippen molar-refractivity contribution in [2.75, 3.05) is 30.1 Å². The van der Waals surface area contributed by atoms with Crippen LogP contribution in [0.25, 0.3) is 0 Å². The van der Waals surface area contributed by atoms with E-state index in [0.717, 1.165) is 48.6 Å². The maximum absolute atomic E-state index is 11.1. The lowest BCUT2D eigenvalue weighted by Crippen LogP contribution is -2.34. The molecule has 0 aromatic heterocycles. The highest BCUT2D eigenvalue weighted by Crippen LogP contribution is 2.37. The molecule has 22 heavy (non-hydrogen) atoms. The lowest BCUT2D eigenvalue weighted by molar-refractivity contribution is 0.112. The molecular weight excluding hydrogens is 306 g/mol. The fourth-order valence-electron chi connectivity index (χ4n) is 2.82. The number of carbonyl (C=O) groups excluding carboxylic acids is 1. The van der Waals surface area contributed by atoms with Crippen molar-refractivity contribution >= 4 is 27.8 Å². The van der Waals surface area contributed by atoms with E-state index in [-0.39, 0.29) is 6.61 Å². The number of hydrogen-bond acceptors (Lipinski definition) is 7. The number of hydrogen-bond donors (Lipinski definition) is 2. The van der Waals surface area contributed by atoms with Gasteiger partial charge in [0.05, 0.1) is 24.2 Å². The van der Waals surface area contributed by atoms with Gasteiger partial charge in [0.15, 0.2) is 0 Å². The molecule has 0 atom stereocenters. The van der Waals surface area contributed by atoms with Crippen LogP contribution in [0, 0.1) is 0 Å². The van der Waals surface area contributed by atoms with E-state index in [2.05, 4.69) is 4.18 Å². The van der Waals surface area contributed by atoms with Crippen LogP contribution in [0.1, 0.15) is 34.3 Å². The van der Waals surface area contributed by atoms with Crippen LogP contribution in [-0.2, 0) is 27.1 Å². The van der Waals surface area contributed by atoms with E-state index in [4.69, 9.17) is 11.6 Å². The number of nitrogens with zero attached hydrogens (tertiary/aromatic N) is 1. The fourth-order valence-corrected chi connectivity index (χ4v) is 3.24. The summed E-state index contributed by atoms with van der Waals surface area (Å²) in [6.45, 7) is 0.480. The van der Waals surface area contributed by atoms with Crippen LogP contribution in [0.2, 0.25) is 0 Å². The topological polar surface area (TPSA) is 116 Å². The molecular formula is C14H21N3O4S. The first-order valence-electron chi connectivity index (χ1n) is 7.09. The summed E-state index contributed by atoms with van der Waals surface area (Å²) in [6.07, 6.45) is 4.94. The van der Waals surface area contributed by atoms with Gasteiger partial charge >= 0.3 is 0 Å². The van der Waals surface area contributed by atoms with E-state index >= 15 is 0 Å². The van der Waals surface area contributed by atoms with E-state index < -0.39 is 10.1 Å². The number of benzene rings is 1. The number of aldehydes is 1. The number of hydrazine groups is 1. The second kappa shape index (κ2) is 6.64. The maximum atomic E-state index is 11.1. The fraction of sp³-hybridized carbons (Fsp3) is 0.500. The normalized spacial score (nSPS) is 13.9. The van der Waals surface area contributed by atoms with Gasteiger partial charge in [0.25, 0.3) is 10.1 Å². The first kappa shape index (κ1) is 16.7. The number of carbonyl (C=O) groups is 1. The predicted molar refractivity (Wildman–Crippen MR) is 85.2 cm³/mol. The van der Waals surface area contributed by atoms with Crippen molar-refractivity contribution < 1.29 is 17.4 Å². The third-order valence-electron chi connectivity index (χ3n) is 3.69. The van der Waals surface area contributed by atoms with Crippen LogP contribution in [0.5, 0.6) is 0 Å². The van der Waals surface area contributed by atoms with Gasteiger partial charge in [0.1, 0.15) is 6.29 Å². The summed E-state index contributed by atoms with van der Waals surface area (Å²) in [5.74, 6) is 6.07. The Labute approximate surface area is 130 Å². The van der Waals surface area contributed by atoms with Gasteiger partial charge in [-0.15, -0.1) is 0 Å². The standard InChI is InChI=1S/C14H21N3O4S/c1-22(19,20)21-7-3-6-17(16)14-12-5-2-4-11(12)10(9-18)8-13(14)15/h8-9H,2-7,15-16H2,1H3. The van der Waals surface area contributed by atoms with Gasteiger partial charge < -0.3 is 10.7 Å². The Kier molecular flexibility index (Phi) is 5.05. The highest BCUT2D eigenvalue weighted by atomic mass is 32.2. The molecule has 1 aromatic rings. The minimum Gasteiger partial charge on any atom is -0.397 e. The minimum absolute atomic E-state index is 0.0705. The Morgan fingerprint density at radius 3 is 2.68 bits per heavy atom. The average Bonchev–Trinajstić information content (AvgIpc) is 2.90. The van der Waals surface area contributed by atoms with Gasteiger partial charge in [-0.1, -0.05) is 0 Å². The highest BCUT2D eigenvalue weighted by Gasteiger charge is 2.23. The van der Waals surface area contributed by atoms with Crippen LogP contribution >= 0.6 is 0 Å². The predicted octanol–water partition coefficient (Wildman–Crippen LogP) is 0.616.